The predicted octanol–water partition coefficient (Wildman–Crippen LogP) is 2.99. The van der Waals surface area contributed by atoms with Crippen LogP contribution < -0.4 is 0 Å². The van der Waals surface area contributed by atoms with Crippen LogP contribution in [-0.2, 0) is 11.2 Å². The third-order valence-electron chi connectivity index (χ3n) is 2.60. The summed E-state index contributed by atoms with van der Waals surface area (Å²) < 4.78 is 5.35. The Morgan fingerprint density at radius 3 is 2.71 bits per heavy atom. The number of ether oxygens (including phenoxy) is 1. The van der Waals surface area contributed by atoms with Crippen molar-refractivity contribution in [2.75, 3.05) is 6.54 Å². The van der Waals surface area contributed by atoms with E-state index in [1.807, 2.05) is 45.5 Å². The van der Waals surface area contributed by atoms with Gasteiger partial charge in [-0.2, -0.15) is 0 Å². The fraction of sp³-hybridized carbons (Fsp3) is 0.429. The molecule has 1 aromatic carbocycles. The summed E-state index contributed by atoms with van der Waals surface area (Å²) in [6.07, 6.45) is 0.610. The molecule has 3 heteroatoms. The van der Waals surface area contributed by atoms with E-state index in [0.717, 1.165) is 12.0 Å². The highest BCUT2D eigenvalue weighted by Crippen LogP contribution is 2.21. The molecular formula is C14H18NO2. The summed E-state index contributed by atoms with van der Waals surface area (Å²) in [5.41, 5.74) is 1.94. The minimum absolute atomic E-state index is 0.271. The smallest absolute Gasteiger partial charge is 0.410 e. The van der Waals surface area contributed by atoms with Gasteiger partial charge in [0.05, 0.1) is 6.54 Å². The minimum Gasteiger partial charge on any atom is -0.444 e. The average molecular weight is 232 g/mol. The van der Waals surface area contributed by atoms with Gasteiger partial charge in [-0.1, -0.05) is 24.3 Å². The molecule has 1 amide bonds. The first-order chi connectivity index (χ1) is 7.96. The van der Waals surface area contributed by atoms with E-state index >= 15 is 0 Å². The van der Waals surface area contributed by atoms with Gasteiger partial charge in [0.1, 0.15) is 5.60 Å². The molecule has 3 nitrogen and oxygen atoms in total. The normalized spacial score (nSPS) is 15.4. The lowest BCUT2D eigenvalue weighted by atomic mass is 10.0. The number of amides is 1. The molecule has 1 aromatic rings. The second kappa shape index (κ2) is 4.40. The molecule has 0 fully saturated rings. The van der Waals surface area contributed by atoms with Crippen molar-refractivity contribution in [3.63, 3.8) is 0 Å². The second-order valence-corrected chi connectivity index (χ2v) is 5.25. The maximum absolute atomic E-state index is 11.9. The van der Waals surface area contributed by atoms with Crippen molar-refractivity contribution >= 4 is 6.09 Å². The van der Waals surface area contributed by atoms with Gasteiger partial charge >= 0.3 is 6.09 Å². The van der Waals surface area contributed by atoms with Gasteiger partial charge in [-0.15, -0.1) is 0 Å². The molecule has 0 N–H and O–H groups in total. The van der Waals surface area contributed by atoms with Gasteiger partial charge in [-0.3, -0.25) is 4.90 Å². The molecule has 0 aromatic heterocycles. The lowest BCUT2D eigenvalue weighted by molar-refractivity contribution is 0.0306. The summed E-state index contributed by atoms with van der Waals surface area (Å²) in [7, 11) is 0. The van der Waals surface area contributed by atoms with Crippen molar-refractivity contribution in [2.24, 2.45) is 0 Å². The molecule has 0 saturated carbocycles. The van der Waals surface area contributed by atoms with E-state index in [0.29, 0.717) is 6.54 Å². The van der Waals surface area contributed by atoms with Crippen LogP contribution in [0.1, 0.15) is 31.9 Å². The maximum Gasteiger partial charge on any atom is 0.410 e. The molecule has 0 bridgehead atoms. The third kappa shape index (κ3) is 2.99. The predicted molar refractivity (Wildman–Crippen MR) is 66.5 cm³/mol. The highest BCUT2D eigenvalue weighted by Gasteiger charge is 2.25. The van der Waals surface area contributed by atoms with Crippen molar-refractivity contribution in [1.29, 1.82) is 0 Å². The Hall–Kier alpha value is -1.51. The number of fused-ring (bicyclic) bond motifs is 1. The molecule has 1 aliphatic rings. The Balaban J connectivity index is 2.05. The Morgan fingerprint density at radius 1 is 1.29 bits per heavy atom. The summed E-state index contributed by atoms with van der Waals surface area (Å²) in [4.78, 5) is 13.5. The van der Waals surface area contributed by atoms with Gasteiger partial charge < -0.3 is 4.74 Å². The zero-order valence-electron chi connectivity index (χ0n) is 10.6. The topological polar surface area (TPSA) is 29.5 Å². The van der Waals surface area contributed by atoms with Crippen LogP contribution in [0.4, 0.5) is 4.79 Å². The number of nitrogens with zero attached hydrogens (tertiary/aromatic N) is 1. The van der Waals surface area contributed by atoms with E-state index < -0.39 is 5.60 Å². The molecule has 0 atom stereocenters. The molecule has 0 saturated heterocycles. The van der Waals surface area contributed by atoms with E-state index in [-0.39, 0.29) is 6.09 Å². The summed E-state index contributed by atoms with van der Waals surface area (Å²) in [5.74, 6) is 0. The van der Waals surface area contributed by atoms with E-state index in [4.69, 9.17) is 4.74 Å². The van der Waals surface area contributed by atoms with Crippen LogP contribution in [0, 0.1) is 6.54 Å². The van der Waals surface area contributed by atoms with Gasteiger partial charge in [0, 0.05) is 6.54 Å². The molecule has 2 rings (SSSR count). The number of carbonyl (C=O) groups is 1. The number of carbonyl (C=O) groups excluding carboxylic acids is 1. The number of benzene rings is 1. The SMILES string of the molecule is CC(C)(C)OC(=O)N1[CH]c2ccccc2CC1. The van der Waals surface area contributed by atoms with Gasteiger partial charge in [-0.25, -0.2) is 4.79 Å². The molecule has 0 aliphatic carbocycles. The van der Waals surface area contributed by atoms with Crippen LogP contribution in [0.25, 0.3) is 0 Å². The van der Waals surface area contributed by atoms with Crippen LogP contribution in [-0.4, -0.2) is 23.1 Å². The van der Waals surface area contributed by atoms with Crippen molar-refractivity contribution in [1.82, 2.24) is 4.90 Å². The fourth-order valence-electron chi connectivity index (χ4n) is 1.83. The van der Waals surface area contributed by atoms with Crippen LogP contribution in [0.15, 0.2) is 24.3 Å². The molecular weight excluding hydrogens is 214 g/mol. The Kier molecular flexibility index (Phi) is 3.09. The molecule has 17 heavy (non-hydrogen) atoms. The molecule has 0 unspecified atom stereocenters. The Bertz CT molecular complexity index is 420. The molecule has 91 valence electrons. The van der Waals surface area contributed by atoms with E-state index in [9.17, 15) is 4.79 Å². The standard InChI is InChI=1S/C14H18NO2/c1-14(2,3)17-13(16)15-9-8-11-6-4-5-7-12(11)10-15/h4-7,10H,8-9H2,1-3H3. The summed E-state index contributed by atoms with van der Waals surface area (Å²) in [5, 5.41) is 0. The Labute approximate surface area is 102 Å². The highest BCUT2D eigenvalue weighted by atomic mass is 16.6. The van der Waals surface area contributed by atoms with Gasteiger partial charge in [0.15, 0.2) is 0 Å². The maximum atomic E-state index is 11.9. The molecule has 1 radical (unpaired) electrons. The first kappa shape index (κ1) is 12.0. The lowest BCUT2D eigenvalue weighted by Crippen LogP contribution is -2.38. The first-order valence-electron chi connectivity index (χ1n) is 5.88. The monoisotopic (exact) mass is 232 g/mol. The average Bonchev–Trinajstić information content (AvgIpc) is 2.26. The highest BCUT2D eigenvalue weighted by molar-refractivity contribution is 5.70. The van der Waals surface area contributed by atoms with Crippen LogP contribution >= 0.6 is 0 Å². The van der Waals surface area contributed by atoms with E-state index in [1.165, 1.54) is 5.56 Å². The molecule has 1 aliphatic heterocycles. The van der Waals surface area contributed by atoms with Crippen LogP contribution in [0.3, 0.4) is 0 Å². The van der Waals surface area contributed by atoms with E-state index in [1.54, 1.807) is 4.90 Å². The second-order valence-electron chi connectivity index (χ2n) is 5.25. The largest absolute Gasteiger partial charge is 0.444 e. The fourth-order valence-corrected chi connectivity index (χ4v) is 1.83. The zero-order valence-corrected chi connectivity index (χ0v) is 10.6. The quantitative estimate of drug-likeness (QED) is 0.688. The minimum atomic E-state index is -0.443. The van der Waals surface area contributed by atoms with E-state index in [2.05, 4.69) is 6.07 Å². The third-order valence-corrected chi connectivity index (χ3v) is 2.60. The van der Waals surface area contributed by atoms with Crippen molar-refractivity contribution in [3.8, 4) is 0 Å². The van der Waals surface area contributed by atoms with Crippen molar-refractivity contribution in [3.05, 3.63) is 41.9 Å². The zero-order chi connectivity index (χ0) is 12.5. The molecule has 1 heterocycles. The number of hydrogen-bond donors (Lipinski definition) is 0. The number of hydrogen-bond acceptors (Lipinski definition) is 2. The van der Waals surface area contributed by atoms with Crippen LogP contribution in [0.5, 0.6) is 0 Å². The number of rotatable bonds is 0. The first-order valence-corrected chi connectivity index (χ1v) is 5.88. The van der Waals surface area contributed by atoms with Gasteiger partial charge in [-0.05, 0) is 38.3 Å². The van der Waals surface area contributed by atoms with Gasteiger partial charge in [0.25, 0.3) is 0 Å². The summed E-state index contributed by atoms with van der Waals surface area (Å²) >= 11 is 0. The Morgan fingerprint density at radius 2 is 2.00 bits per heavy atom. The van der Waals surface area contributed by atoms with Crippen LogP contribution in [0.2, 0.25) is 0 Å². The van der Waals surface area contributed by atoms with Gasteiger partial charge in [0.2, 0.25) is 0 Å². The summed E-state index contributed by atoms with van der Waals surface area (Å²) in [6.45, 7) is 8.19. The van der Waals surface area contributed by atoms with Crippen molar-refractivity contribution < 1.29 is 9.53 Å². The molecule has 0 spiro atoms. The van der Waals surface area contributed by atoms with Crippen molar-refractivity contribution in [2.45, 2.75) is 32.8 Å². The lowest BCUT2D eigenvalue weighted by Gasteiger charge is -2.30. The summed E-state index contributed by atoms with van der Waals surface area (Å²) in [6, 6.07) is 8.12.